The number of aliphatic hydroxyl groups is 2. The second kappa shape index (κ2) is 20.9. The van der Waals surface area contributed by atoms with Crippen LogP contribution in [0.1, 0.15) is 132 Å². The van der Waals surface area contributed by atoms with Crippen LogP contribution in [0.5, 0.6) is 5.75 Å². The normalized spacial score (nSPS) is 18.0. The van der Waals surface area contributed by atoms with E-state index in [9.17, 15) is 19.8 Å². The average Bonchev–Trinajstić information content (AvgIpc) is 3.17. The van der Waals surface area contributed by atoms with Gasteiger partial charge in [-0.1, -0.05) is 70.4 Å². The predicted molar refractivity (Wildman–Crippen MR) is 213 cm³/mol. The van der Waals surface area contributed by atoms with Gasteiger partial charge in [-0.3, -0.25) is 0 Å². The van der Waals surface area contributed by atoms with E-state index in [1.54, 1.807) is 13.8 Å². The highest BCUT2D eigenvalue weighted by atomic mass is 16.5. The lowest BCUT2D eigenvalue weighted by atomic mass is 9.70. The zero-order valence-corrected chi connectivity index (χ0v) is 33.1. The fourth-order valence-corrected chi connectivity index (χ4v) is 8.34. The summed E-state index contributed by atoms with van der Waals surface area (Å²) >= 11 is 0. The summed E-state index contributed by atoms with van der Waals surface area (Å²) in [5.41, 5.74) is 7.08. The summed E-state index contributed by atoms with van der Waals surface area (Å²) in [7, 11) is 0. The molecule has 7 nitrogen and oxygen atoms in total. The number of carbonyl (C=O) groups excluding carboxylic acids is 2. The SMILES string of the molecule is C=C(C)C(=O)OCCCc1cc(-c2ccc(C3CCC(C4CCCCC4)CC3)cc2C)cc(CCCOC(=O)C(=C)C)c1OCCC(CC)(CO)CO. The summed E-state index contributed by atoms with van der Waals surface area (Å²) in [6.07, 6.45) is 15.9. The Balaban J connectivity index is 1.61. The van der Waals surface area contributed by atoms with Crippen molar-refractivity contribution in [3.8, 4) is 16.9 Å². The van der Waals surface area contributed by atoms with Gasteiger partial charge in [-0.15, -0.1) is 0 Å². The molecule has 2 aromatic rings. The molecule has 2 aliphatic carbocycles. The number of aryl methyl sites for hydroxylation is 3. The van der Waals surface area contributed by atoms with Crippen LogP contribution < -0.4 is 4.74 Å². The van der Waals surface area contributed by atoms with Crippen LogP contribution in [0.4, 0.5) is 0 Å². The molecule has 2 aliphatic rings. The van der Waals surface area contributed by atoms with Gasteiger partial charge in [0.25, 0.3) is 0 Å². The number of esters is 2. The Hall–Kier alpha value is -3.42. The number of hydrogen-bond acceptors (Lipinski definition) is 7. The number of carbonyl (C=O) groups is 2. The number of benzene rings is 2. The van der Waals surface area contributed by atoms with Crippen molar-refractivity contribution in [1.29, 1.82) is 0 Å². The molecule has 2 aromatic carbocycles. The second-order valence-electron chi connectivity index (χ2n) is 16.0. The largest absolute Gasteiger partial charge is 0.493 e. The Bertz CT molecular complexity index is 1460. The highest BCUT2D eigenvalue weighted by molar-refractivity contribution is 5.87. The van der Waals surface area contributed by atoms with Crippen molar-refractivity contribution >= 4 is 11.9 Å². The number of ether oxygens (including phenoxy) is 3. The van der Waals surface area contributed by atoms with E-state index in [1.807, 2.05) is 6.92 Å². The molecular formula is C46H66O7. The highest BCUT2D eigenvalue weighted by Crippen LogP contribution is 2.44. The molecular weight excluding hydrogens is 664 g/mol. The van der Waals surface area contributed by atoms with Gasteiger partial charge < -0.3 is 24.4 Å². The van der Waals surface area contributed by atoms with Crippen LogP contribution in [-0.2, 0) is 31.9 Å². The van der Waals surface area contributed by atoms with Crippen molar-refractivity contribution in [1.82, 2.24) is 0 Å². The third-order valence-corrected chi connectivity index (χ3v) is 12.0. The summed E-state index contributed by atoms with van der Waals surface area (Å²) in [4.78, 5) is 24.2. The molecule has 0 aromatic heterocycles. The molecule has 292 valence electrons. The van der Waals surface area contributed by atoms with Gasteiger partial charge in [0.1, 0.15) is 5.75 Å². The summed E-state index contributed by atoms with van der Waals surface area (Å²) in [5, 5.41) is 20.2. The third-order valence-electron chi connectivity index (χ3n) is 12.0. The van der Waals surface area contributed by atoms with Gasteiger partial charge in [-0.25, -0.2) is 9.59 Å². The molecule has 2 fully saturated rings. The first-order valence-corrected chi connectivity index (χ1v) is 20.3. The average molecular weight is 731 g/mol. The maximum atomic E-state index is 12.1. The monoisotopic (exact) mass is 730 g/mol. The molecule has 0 spiro atoms. The fourth-order valence-electron chi connectivity index (χ4n) is 8.34. The van der Waals surface area contributed by atoms with Crippen LogP contribution in [0.25, 0.3) is 11.1 Å². The molecule has 4 rings (SSSR count). The first kappa shape index (κ1) is 42.3. The Morgan fingerprint density at radius 2 is 1.32 bits per heavy atom. The predicted octanol–water partition coefficient (Wildman–Crippen LogP) is 9.77. The van der Waals surface area contributed by atoms with Crippen molar-refractivity contribution < 1.29 is 34.0 Å². The zero-order valence-electron chi connectivity index (χ0n) is 33.1. The lowest BCUT2D eigenvalue weighted by molar-refractivity contribution is -0.139. The summed E-state index contributed by atoms with van der Waals surface area (Å²) < 4.78 is 17.5. The van der Waals surface area contributed by atoms with Gasteiger partial charge >= 0.3 is 11.9 Å². The molecule has 0 unspecified atom stereocenters. The molecule has 0 atom stereocenters. The fraction of sp³-hybridized carbons (Fsp3) is 0.609. The first-order valence-electron chi connectivity index (χ1n) is 20.3. The van der Waals surface area contributed by atoms with Crippen LogP contribution in [0.3, 0.4) is 0 Å². The minimum absolute atomic E-state index is 0.124. The Morgan fingerprint density at radius 3 is 1.81 bits per heavy atom. The number of rotatable bonds is 20. The van der Waals surface area contributed by atoms with E-state index < -0.39 is 17.4 Å². The topological polar surface area (TPSA) is 102 Å². The molecule has 0 amide bonds. The molecule has 0 aliphatic heterocycles. The van der Waals surface area contributed by atoms with E-state index in [0.29, 0.717) is 62.2 Å². The van der Waals surface area contributed by atoms with Crippen molar-refractivity contribution in [3.63, 3.8) is 0 Å². The maximum Gasteiger partial charge on any atom is 0.333 e. The molecule has 0 bridgehead atoms. The number of aliphatic hydroxyl groups excluding tert-OH is 2. The van der Waals surface area contributed by atoms with Crippen molar-refractivity contribution in [2.45, 2.75) is 130 Å². The second-order valence-corrected chi connectivity index (χ2v) is 16.0. The van der Waals surface area contributed by atoms with Crippen LogP contribution >= 0.6 is 0 Å². The van der Waals surface area contributed by atoms with Gasteiger partial charge in [-0.2, -0.15) is 0 Å². The maximum absolute atomic E-state index is 12.1. The first-order chi connectivity index (χ1) is 25.5. The summed E-state index contributed by atoms with van der Waals surface area (Å²) in [6.45, 7) is 15.4. The number of hydrogen-bond donors (Lipinski definition) is 2. The molecule has 0 heterocycles. The Morgan fingerprint density at radius 1 is 0.774 bits per heavy atom. The van der Waals surface area contributed by atoms with E-state index in [0.717, 1.165) is 34.3 Å². The standard InChI is InChI=1S/C46H66O7/c1-7-46(30-47,31-48)23-26-51-43-39(15-11-24-52-44(49)32(2)3)28-41(29-40(43)16-12-25-53-45(50)33(4)5)42-22-21-38(27-34(42)6)37-19-17-36(18-20-37)35-13-9-8-10-14-35/h21-22,27-29,35-37,47-48H,2,4,7-20,23-26,30-31H2,1,3,5-6H3. The van der Waals surface area contributed by atoms with Gasteiger partial charge in [0.2, 0.25) is 0 Å². The van der Waals surface area contributed by atoms with E-state index >= 15 is 0 Å². The van der Waals surface area contributed by atoms with Crippen molar-refractivity contribution in [2.24, 2.45) is 17.3 Å². The minimum atomic E-state index is -0.623. The third kappa shape index (κ3) is 12.0. The highest BCUT2D eigenvalue weighted by Gasteiger charge is 2.30. The smallest absolute Gasteiger partial charge is 0.333 e. The molecule has 0 saturated heterocycles. The lowest BCUT2D eigenvalue weighted by Gasteiger charge is -2.36. The molecule has 0 radical (unpaired) electrons. The zero-order chi connectivity index (χ0) is 38.4. The van der Waals surface area contributed by atoms with Crippen LogP contribution in [-0.4, -0.2) is 55.2 Å². The van der Waals surface area contributed by atoms with Crippen LogP contribution in [0, 0.1) is 24.2 Å². The van der Waals surface area contributed by atoms with Crippen LogP contribution in [0.2, 0.25) is 0 Å². The molecule has 53 heavy (non-hydrogen) atoms. The molecule has 2 saturated carbocycles. The van der Waals surface area contributed by atoms with E-state index in [2.05, 4.69) is 50.4 Å². The molecule has 7 heteroatoms. The van der Waals surface area contributed by atoms with Gasteiger partial charge in [0, 0.05) is 16.6 Å². The summed E-state index contributed by atoms with van der Waals surface area (Å²) in [6, 6.07) is 11.4. The van der Waals surface area contributed by atoms with E-state index in [4.69, 9.17) is 14.2 Å². The minimum Gasteiger partial charge on any atom is -0.493 e. The van der Waals surface area contributed by atoms with E-state index in [1.165, 1.54) is 74.5 Å². The summed E-state index contributed by atoms with van der Waals surface area (Å²) in [5.74, 6) is 2.42. The van der Waals surface area contributed by atoms with Crippen LogP contribution in [0.15, 0.2) is 54.6 Å². The van der Waals surface area contributed by atoms with Crippen molar-refractivity contribution in [3.05, 3.63) is 76.9 Å². The Labute approximate surface area is 319 Å². The van der Waals surface area contributed by atoms with Gasteiger partial charge in [0.05, 0.1) is 33.0 Å². The van der Waals surface area contributed by atoms with Gasteiger partial charge in [-0.05, 0) is 148 Å². The molecule has 2 N–H and O–H groups in total. The van der Waals surface area contributed by atoms with Gasteiger partial charge in [0.15, 0.2) is 0 Å². The quantitative estimate of drug-likeness (QED) is 0.0795. The Kier molecular flexibility index (Phi) is 16.7. The van der Waals surface area contributed by atoms with Crippen molar-refractivity contribution in [2.75, 3.05) is 33.0 Å². The van der Waals surface area contributed by atoms with E-state index in [-0.39, 0.29) is 26.4 Å². The lowest BCUT2D eigenvalue weighted by Crippen LogP contribution is -2.31.